The number of thioether (sulfide) groups is 1. The summed E-state index contributed by atoms with van der Waals surface area (Å²) in [7, 11) is 0. The molecule has 1 N–H and O–H groups in total. The molecule has 0 aromatic heterocycles. The molecule has 22 heavy (non-hydrogen) atoms. The highest BCUT2D eigenvalue weighted by Crippen LogP contribution is 2.19. The van der Waals surface area contributed by atoms with Gasteiger partial charge in [-0.15, -0.1) is 11.8 Å². The van der Waals surface area contributed by atoms with Gasteiger partial charge in [0.25, 0.3) is 0 Å². The normalized spacial score (nSPS) is 14.7. The smallest absolute Gasteiger partial charge is 0.234 e. The zero-order valence-electron chi connectivity index (χ0n) is 11.8. The van der Waals surface area contributed by atoms with E-state index in [4.69, 9.17) is 16.3 Å². The number of benzene rings is 1. The zero-order valence-corrected chi connectivity index (χ0v) is 13.4. The maximum Gasteiger partial charge on any atom is 0.234 e. The van der Waals surface area contributed by atoms with Gasteiger partial charge in [0.15, 0.2) is 0 Å². The molecule has 0 bridgehead atoms. The van der Waals surface area contributed by atoms with Gasteiger partial charge in [-0.3, -0.25) is 9.59 Å². The summed E-state index contributed by atoms with van der Waals surface area (Å²) in [6.07, 6.45) is 0. The highest BCUT2D eigenvalue weighted by Gasteiger charge is 2.17. The van der Waals surface area contributed by atoms with Gasteiger partial charge in [-0.1, -0.05) is 11.6 Å². The van der Waals surface area contributed by atoms with Crippen LogP contribution in [0.25, 0.3) is 0 Å². The topological polar surface area (TPSA) is 58.6 Å². The van der Waals surface area contributed by atoms with Crippen molar-refractivity contribution in [3.63, 3.8) is 0 Å². The molecule has 5 nitrogen and oxygen atoms in total. The van der Waals surface area contributed by atoms with E-state index in [1.807, 2.05) is 0 Å². The van der Waals surface area contributed by atoms with Crippen molar-refractivity contribution >= 4 is 40.9 Å². The number of anilines is 1. The molecule has 1 aliphatic heterocycles. The van der Waals surface area contributed by atoms with Gasteiger partial charge >= 0.3 is 0 Å². The minimum absolute atomic E-state index is 0.00549. The van der Waals surface area contributed by atoms with Gasteiger partial charge < -0.3 is 15.0 Å². The molecule has 1 fully saturated rings. The van der Waals surface area contributed by atoms with Crippen LogP contribution in [-0.4, -0.2) is 54.5 Å². The molecule has 0 spiro atoms. The Hall–Kier alpha value is -1.31. The third-order valence-corrected chi connectivity index (χ3v) is 4.23. The minimum atomic E-state index is -0.537. The van der Waals surface area contributed by atoms with Gasteiger partial charge in [0.2, 0.25) is 11.8 Å². The summed E-state index contributed by atoms with van der Waals surface area (Å²) in [5, 5.41) is 2.56. The van der Waals surface area contributed by atoms with E-state index >= 15 is 0 Å². The molecule has 1 saturated heterocycles. The Kier molecular flexibility index (Phi) is 6.48. The number of hydrogen-bond acceptors (Lipinski definition) is 4. The fourth-order valence-electron chi connectivity index (χ4n) is 1.91. The number of carbonyl (C=O) groups excluding carboxylic acids is 2. The number of nitrogens with one attached hydrogen (secondary N) is 1. The third kappa shape index (κ3) is 5.15. The van der Waals surface area contributed by atoms with Gasteiger partial charge in [0, 0.05) is 18.8 Å². The molecular weight excluding hydrogens is 331 g/mol. The van der Waals surface area contributed by atoms with Crippen molar-refractivity contribution in [3.8, 4) is 0 Å². The molecular formula is C14H16ClFN2O3S. The number of morpholine rings is 1. The summed E-state index contributed by atoms with van der Waals surface area (Å²) in [5.74, 6) is -0.401. The molecule has 2 rings (SSSR count). The third-order valence-electron chi connectivity index (χ3n) is 3.03. The van der Waals surface area contributed by atoms with Crippen LogP contribution >= 0.6 is 23.4 Å². The van der Waals surface area contributed by atoms with E-state index in [2.05, 4.69) is 5.32 Å². The number of ether oxygens (including phenoxy) is 1. The fourth-order valence-corrected chi connectivity index (χ4v) is 2.80. The van der Waals surface area contributed by atoms with E-state index in [1.165, 1.54) is 30.0 Å². The van der Waals surface area contributed by atoms with Crippen molar-refractivity contribution in [1.29, 1.82) is 0 Å². The molecule has 1 aromatic carbocycles. The summed E-state index contributed by atoms with van der Waals surface area (Å²) < 4.78 is 18.2. The average molecular weight is 347 g/mol. The van der Waals surface area contributed by atoms with Crippen molar-refractivity contribution in [2.24, 2.45) is 0 Å². The van der Waals surface area contributed by atoms with Crippen molar-refractivity contribution in [1.82, 2.24) is 4.90 Å². The van der Waals surface area contributed by atoms with Crippen molar-refractivity contribution in [3.05, 3.63) is 29.0 Å². The van der Waals surface area contributed by atoms with Crippen LogP contribution in [0, 0.1) is 5.82 Å². The van der Waals surface area contributed by atoms with Gasteiger partial charge in [0.05, 0.1) is 29.7 Å². The Bertz CT molecular complexity index is 553. The van der Waals surface area contributed by atoms with Crippen LogP contribution in [0.3, 0.4) is 0 Å². The molecule has 8 heteroatoms. The molecule has 0 aliphatic carbocycles. The van der Waals surface area contributed by atoms with Crippen molar-refractivity contribution in [2.75, 3.05) is 43.1 Å². The summed E-state index contributed by atoms with van der Waals surface area (Å²) in [6, 6.07) is 3.97. The van der Waals surface area contributed by atoms with Gasteiger partial charge in [-0.05, 0) is 18.2 Å². The molecule has 0 saturated carbocycles. The SMILES string of the molecule is O=C(CSCC(=O)N1CCOCC1)Nc1ccc(F)c(Cl)c1. The molecule has 1 aromatic rings. The number of carbonyl (C=O) groups is 2. The first-order valence-corrected chi connectivity index (χ1v) is 8.27. The number of halogens is 2. The monoisotopic (exact) mass is 346 g/mol. The Labute approximate surface area is 137 Å². The molecule has 1 heterocycles. The maximum absolute atomic E-state index is 13.0. The Morgan fingerprint density at radius 2 is 2.05 bits per heavy atom. The van der Waals surface area contributed by atoms with Crippen molar-refractivity contribution in [2.45, 2.75) is 0 Å². The van der Waals surface area contributed by atoms with E-state index in [-0.39, 0.29) is 28.3 Å². The van der Waals surface area contributed by atoms with Crippen LogP contribution in [0.4, 0.5) is 10.1 Å². The summed E-state index contributed by atoms with van der Waals surface area (Å²) in [4.78, 5) is 25.4. The van der Waals surface area contributed by atoms with Gasteiger partial charge in [0.1, 0.15) is 5.82 Å². The van der Waals surface area contributed by atoms with Crippen molar-refractivity contribution < 1.29 is 18.7 Å². The van der Waals surface area contributed by atoms with Gasteiger partial charge in [-0.25, -0.2) is 4.39 Å². The quantitative estimate of drug-likeness (QED) is 0.886. The lowest BCUT2D eigenvalue weighted by molar-refractivity contribution is -0.132. The first-order chi connectivity index (χ1) is 10.6. The van der Waals surface area contributed by atoms with Crippen LogP contribution in [0.15, 0.2) is 18.2 Å². The van der Waals surface area contributed by atoms with Crippen LogP contribution < -0.4 is 5.32 Å². The highest BCUT2D eigenvalue weighted by atomic mass is 35.5. The lowest BCUT2D eigenvalue weighted by Crippen LogP contribution is -2.41. The largest absolute Gasteiger partial charge is 0.378 e. The van der Waals surface area contributed by atoms with E-state index in [0.29, 0.717) is 32.0 Å². The van der Waals surface area contributed by atoms with E-state index in [1.54, 1.807) is 4.90 Å². The number of hydrogen-bond donors (Lipinski definition) is 1. The second-order valence-electron chi connectivity index (χ2n) is 4.66. The standard InChI is InChI=1S/C14H16ClFN2O3S/c15-11-7-10(1-2-12(11)16)17-13(19)8-22-9-14(20)18-3-5-21-6-4-18/h1-2,7H,3-6,8-9H2,(H,17,19). The Morgan fingerprint density at radius 1 is 1.32 bits per heavy atom. The summed E-state index contributed by atoms with van der Waals surface area (Å²) >= 11 is 6.88. The lowest BCUT2D eigenvalue weighted by Gasteiger charge is -2.26. The Morgan fingerprint density at radius 3 is 2.73 bits per heavy atom. The Balaban J connectivity index is 1.71. The first-order valence-electron chi connectivity index (χ1n) is 6.74. The second-order valence-corrected chi connectivity index (χ2v) is 6.06. The summed E-state index contributed by atoms with van der Waals surface area (Å²) in [5.41, 5.74) is 0.427. The van der Waals surface area contributed by atoms with Crippen LogP contribution in [0.5, 0.6) is 0 Å². The predicted molar refractivity (Wildman–Crippen MR) is 84.8 cm³/mol. The van der Waals surface area contributed by atoms with E-state index in [0.717, 1.165) is 0 Å². The number of rotatable bonds is 5. The lowest BCUT2D eigenvalue weighted by atomic mass is 10.3. The number of amides is 2. The molecule has 0 radical (unpaired) electrons. The molecule has 1 aliphatic rings. The molecule has 0 unspecified atom stereocenters. The molecule has 2 amide bonds. The van der Waals surface area contributed by atoms with E-state index in [9.17, 15) is 14.0 Å². The highest BCUT2D eigenvalue weighted by molar-refractivity contribution is 8.00. The molecule has 0 atom stereocenters. The van der Waals surface area contributed by atoms with Crippen LogP contribution in [0.2, 0.25) is 5.02 Å². The predicted octanol–water partition coefficient (Wildman–Crippen LogP) is 2.01. The fraction of sp³-hybridized carbons (Fsp3) is 0.429. The van der Waals surface area contributed by atoms with E-state index < -0.39 is 5.82 Å². The second kappa shape index (κ2) is 8.36. The average Bonchev–Trinajstić information content (AvgIpc) is 2.51. The van der Waals surface area contributed by atoms with Gasteiger partial charge in [-0.2, -0.15) is 0 Å². The first kappa shape index (κ1) is 17.1. The summed E-state index contributed by atoms with van der Waals surface area (Å²) in [6.45, 7) is 2.31. The molecule has 120 valence electrons. The number of nitrogens with zero attached hydrogens (tertiary/aromatic N) is 1. The van der Waals surface area contributed by atoms with Crippen LogP contribution in [-0.2, 0) is 14.3 Å². The zero-order chi connectivity index (χ0) is 15.9. The van der Waals surface area contributed by atoms with Crippen LogP contribution in [0.1, 0.15) is 0 Å². The minimum Gasteiger partial charge on any atom is -0.378 e. The maximum atomic E-state index is 13.0.